The minimum atomic E-state index is 0.936. The molecular formula is C53H33N3S. The number of benzene rings is 8. The third-order valence-electron chi connectivity index (χ3n) is 11.5. The maximum absolute atomic E-state index is 5.52. The SMILES string of the molecule is c1ccc(-c2cccc(-c3cc(-n4c5ccccc5c5cc6c(cc54)c4ccccc4n6-c4ccccc4)cc(-c4cccc5c4sc4ccccc45)n3)c2)cc1. The van der Waals surface area contributed by atoms with Crippen LogP contribution in [0, 0.1) is 0 Å². The molecule has 57 heavy (non-hydrogen) atoms. The van der Waals surface area contributed by atoms with E-state index in [9.17, 15) is 0 Å². The molecule has 0 spiro atoms. The van der Waals surface area contributed by atoms with Crippen molar-refractivity contribution in [2.75, 3.05) is 0 Å². The highest BCUT2D eigenvalue weighted by molar-refractivity contribution is 7.26. The second-order valence-electron chi connectivity index (χ2n) is 14.8. The topological polar surface area (TPSA) is 22.8 Å². The molecule has 0 N–H and O–H groups in total. The molecule has 3 nitrogen and oxygen atoms in total. The third-order valence-corrected chi connectivity index (χ3v) is 12.7. The number of hydrogen-bond acceptors (Lipinski definition) is 2. The first-order chi connectivity index (χ1) is 28.3. The van der Waals surface area contributed by atoms with Crippen LogP contribution in [0.5, 0.6) is 0 Å². The Bertz CT molecular complexity index is 3520. The van der Waals surface area contributed by atoms with Gasteiger partial charge >= 0.3 is 0 Å². The smallest absolute Gasteiger partial charge is 0.0744 e. The molecule has 0 fully saturated rings. The van der Waals surface area contributed by atoms with Crippen LogP contribution >= 0.6 is 11.3 Å². The first-order valence-electron chi connectivity index (χ1n) is 19.4. The molecule has 0 bridgehead atoms. The van der Waals surface area contributed by atoms with Gasteiger partial charge < -0.3 is 9.13 Å². The van der Waals surface area contributed by atoms with Crippen LogP contribution < -0.4 is 0 Å². The van der Waals surface area contributed by atoms with Crippen molar-refractivity contribution in [3.8, 4) is 45.0 Å². The van der Waals surface area contributed by atoms with E-state index in [1.807, 2.05) is 11.3 Å². The van der Waals surface area contributed by atoms with Crippen LogP contribution in [-0.4, -0.2) is 14.1 Å². The largest absolute Gasteiger partial charge is 0.309 e. The second kappa shape index (κ2) is 12.6. The van der Waals surface area contributed by atoms with Gasteiger partial charge in [0.1, 0.15) is 0 Å². The Morgan fingerprint density at radius 3 is 1.61 bits per heavy atom. The van der Waals surface area contributed by atoms with Gasteiger partial charge in [-0.05, 0) is 71.8 Å². The number of thiophene rings is 1. The van der Waals surface area contributed by atoms with Crippen LogP contribution in [0.1, 0.15) is 0 Å². The molecule has 4 heteroatoms. The lowest BCUT2D eigenvalue weighted by Gasteiger charge is -2.14. The standard InChI is InChI=1S/C53H33N3S/c1-3-15-34(16-4-1)35-17-13-18-36(29-35)46-30-38(31-47(54-46)43-25-14-24-42-41-23-9-12-28-52(41)57-53(42)43)56-49-27-11-8-22-40(49)45-32-50-44(33-51(45)56)39-21-7-10-26-48(39)55(50)37-19-5-2-6-20-37/h1-33H. The van der Waals surface area contributed by atoms with Gasteiger partial charge in [0.25, 0.3) is 0 Å². The summed E-state index contributed by atoms with van der Waals surface area (Å²) in [5, 5.41) is 7.45. The van der Waals surface area contributed by atoms with E-state index in [4.69, 9.17) is 4.98 Å². The molecule has 0 saturated heterocycles. The van der Waals surface area contributed by atoms with Gasteiger partial charge in [-0.2, -0.15) is 0 Å². The summed E-state index contributed by atoms with van der Waals surface area (Å²) in [4.78, 5) is 5.52. The zero-order chi connectivity index (χ0) is 37.5. The molecule has 8 aromatic carbocycles. The van der Waals surface area contributed by atoms with E-state index in [0.717, 1.165) is 39.4 Å². The fraction of sp³-hybridized carbons (Fsp3) is 0. The Labute approximate surface area is 333 Å². The molecular weight excluding hydrogens is 711 g/mol. The molecule has 0 aliphatic carbocycles. The second-order valence-corrected chi connectivity index (χ2v) is 15.8. The Morgan fingerprint density at radius 2 is 0.877 bits per heavy atom. The van der Waals surface area contributed by atoms with Crippen molar-refractivity contribution in [2.45, 2.75) is 0 Å². The number of hydrogen-bond donors (Lipinski definition) is 0. The van der Waals surface area contributed by atoms with Crippen molar-refractivity contribution in [3.05, 3.63) is 200 Å². The van der Waals surface area contributed by atoms with E-state index in [1.54, 1.807) is 0 Å². The molecule has 0 radical (unpaired) electrons. The van der Waals surface area contributed by atoms with Crippen molar-refractivity contribution in [1.29, 1.82) is 0 Å². The Morgan fingerprint density at radius 1 is 0.333 bits per heavy atom. The van der Waals surface area contributed by atoms with Gasteiger partial charge in [-0.3, -0.25) is 0 Å². The van der Waals surface area contributed by atoms with Crippen LogP contribution in [-0.2, 0) is 0 Å². The van der Waals surface area contributed by atoms with E-state index in [2.05, 4.69) is 209 Å². The van der Waals surface area contributed by atoms with Gasteiger partial charge in [0.05, 0.1) is 39.1 Å². The number of aromatic nitrogens is 3. The van der Waals surface area contributed by atoms with Gasteiger partial charge in [0.2, 0.25) is 0 Å². The van der Waals surface area contributed by atoms with Crippen LogP contribution in [0.3, 0.4) is 0 Å². The fourth-order valence-electron chi connectivity index (χ4n) is 8.93. The molecule has 0 aliphatic rings. The number of fused-ring (bicyclic) bond motifs is 9. The fourth-order valence-corrected chi connectivity index (χ4v) is 10.2. The summed E-state index contributed by atoms with van der Waals surface area (Å²) in [6.45, 7) is 0. The van der Waals surface area contributed by atoms with Crippen molar-refractivity contribution in [1.82, 2.24) is 14.1 Å². The van der Waals surface area contributed by atoms with Crippen LogP contribution in [0.25, 0.3) is 109 Å². The number of para-hydroxylation sites is 3. The van der Waals surface area contributed by atoms with E-state index in [0.29, 0.717) is 0 Å². The summed E-state index contributed by atoms with van der Waals surface area (Å²) in [6, 6.07) is 72.5. The number of rotatable bonds is 5. The van der Waals surface area contributed by atoms with Gasteiger partial charge in [-0.15, -0.1) is 11.3 Å². The van der Waals surface area contributed by atoms with Gasteiger partial charge in [-0.1, -0.05) is 140 Å². The normalized spacial score (nSPS) is 11.9. The maximum Gasteiger partial charge on any atom is 0.0744 e. The molecule has 12 rings (SSSR count). The third kappa shape index (κ3) is 5.01. The van der Waals surface area contributed by atoms with Gasteiger partial charge in [0, 0.05) is 58.5 Å². The summed E-state index contributed by atoms with van der Waals surface area (Å²) < 4.78 is 7.40. The summed E-state index contributed by atoms with van der Waals surface area (Å²) in [5.74, 6) is 0. The van der Waals surface area contributed by atoms with Crippen molar-refractivity contribution >= 4 is 75.1 Å². The monoisotopic (exact) mass is 743 g/mol. The lowest BCUT2D eigenvalue weighted by molar-refractivity contribution is 1.16. The predicted molar refractivity (Wildman–Crippen MR) is 242 cm³/mol. The summed E-state index contributed by atoms with van der Waals surface area (Å²) in [7, 11) is 0. The maximum atomic E-state index is 5.52. The molecule has 12 aromatic rings. The molecule has 0 unspecified atom stereocenters. The first-order valence-corrected chi connectivity index (χ1v) is 20.2. The van der Waals surface area contributed by atoms with Crippen LogP contribution in [0.15, 0.2) is 200 Å². The van der Waals surface area contributed by atoms with E-state index in [1.165, 1.54) is 69.4 Å². The highest BCUT2D eigenvalue weighted by atomic mass is 32.1. The first kappa shape index (κ1) is 32.0. The van der Waals surface area contributed by atoms with E-state index in [-0.39, 0.29) is 0 Å². The summed E-state index contributed by atoms with van der Waals surface area (Å²) in [5.41, 5.74) is 13.4. The zero-order valence-corrected chi connectivity index (χ0v) is 31.6. The van der Waals surface area contributed by atoms with Crippen LogP contribution in [0.2, 0.25) is 0 Å². The lowest BCUT2D eigenvalue weighted by Crippen LogP contribution is -1.98. The Kier molecular flexibility index (Phi) is 7.10. The molecule has 266 valence electrons. The minimum Gasteiger partial charge on any atom is -0.309 e. The number of pyridine rings is 1. The minimum absolute atomic E-state index is 0.936. The summed E-state index contributed by atoms with van der Waals surface area (Å²) >= 11 is 1.85. The summed E-state index contributed by atoms with van der Waals surface area (Å²) in [6.07, 6.45) is 0. The van der Waals surface area contributed by atoms with Crippen molar-refractivity contribution in [2.24, 2.45) is 0 Å². The average molecular weight is 744 g/mol. The molecule has 0 aliphatic heterocycles. The van der Waals surface area contributed by atoms with E-state index < -0.39 is 0 Å². The Balaban J connectivity index is 1.17. The highest BCUT2D eigenvalue weighted by Gasteiger charge is 2.21. The molecule has 4 aromatic heterocycles. The zero-order valence-electron chi connectivity index (χ0n) is 30.8. The number of nitrogens with zero attached hydrogens (tertiary/aromatic N) is 3. The van der Waals surface area contributed by atoms with Gasteiger partial charge in [0.15, 0.2) is 0 Å². The predicted octanol–water partition coefficient (Wildman–Crippen LogP) is 14.6. The van der Waals surface area contributed by atoms with Gasteiger partial charge in [-0.25, -0.2) is 4.98 Å². The quantitative estimate of drug-likeness (QED) is 0.172. The molecule has 0 atom stereocenters. The van der Waals surface area contributed by atoms with Crippen molar-refractivity contribution < 1.29 is 0 Å². The molecule has 0 saturated carbocycles. The average Bonchev–Trinajstić information content (AvgIpc) is 3.93. The Hall–Kier alpha value is -7.27. The molecule has 4 heterocycles. The van der Waals surface area contributed by atoms with Crippen LogP contribution in [0.4, 0.5) is 0 Å². The lowest BCUT2D eigenvalue weighted by atomic mass is 10.0. The highest BCUT2D eigenvalue weighted by Crippen LogP contribution is 2.43. The molecule has 0 amide bonds. The van der Waals surface area contributed by atoms with Crippen molar-refractivity contribution in [3.63, 3.8) is 0 Å². The van der Waals surface area contributed by atoms with E-state index >= 15 is 0 Å².